The van der Waals surface area contributed by atoms with Crippen molar-refractivity contribution in [3.8, 4) is 0 Å². The first-order valence-electron chi connectivity index (χ1n) is 8.01. The van der Waals surface area contributed by atoms with Crippen molar-refractivity contribution in [3.63, 3.8) is 0 Å². The topological polar surface area (TPSA) is 84.6 Å². The van der Waals surface area contributed by atoms with E-state index in [2.05, 4.69) is 5.32 Å². The lowest BCUT2D eigenvalue weighted by Crippen LogP contribution is -2.52. The van der Waals surface area contributed by atoms with E-state index in [9.17, 15) is 9.90 Å². The lowest BCUT2D eigenvalue weighted by Gasteiger charge is -2.37. The number of hydrogen-bond donors (Lipinski definition) is 3. The Bertz CT molecular complexity index is 305. The maximum Gasteiger partial charge on any atom is 0.223 e. The summed E-state index contributed by atoms with van der Waals surface area (Å²) in [6.45, 7) is 0.554. The van der Waals surface area contributed by atoms with Crippen LogP contribution < -0.4 is 11.1 Å². The van der Waals surface area contributed by atoms with Crippen molar-refractivity contribution in [2.75, 3.05) is 13.2 Å². The average molecular weight is 284 g/mol. The molecule has 20 heavy (non-hydrogen) atoms. The molecule has 0 spiro atoms. The predicted octanol–water partition coefficient (Wildman–Crippen LogP) is 0.940. The van der Waals surface area contributed by atoms with Crippen molar-refractivity contribution >= 4 is 5.91 Å². The number of ether oxygens (including phenoxy) is 1. The number of carbonyl (C=O) groups excluding carboxylic acids is 1. The van der Waals surface area contributed by atoms with Gasteiger partial charge in [0.15, 0.2) is 0 Å². The van der Waals surface area contributed by atoms with Crippen LogP contribution in [0.3, 0.4) is 0 Å². The van der Waals surface area contributed by atoms with E-state index in [0.717, 1.165) is 44.9 Å². The van der Waals surface area contributed by atoms with Gasteiger partial charge in [0.1, 0.15) is 6.10 Å². The Morgan fingerprint density at radius 3 is 2.60 bits per heavy atom. The number of carbonyl (C=O) groups is 1. The molecular formula is C15H28N2O3. The van der Waals surface area contributed by atoms with Gasteiger partial charge in [-0.15, -0.1) is 0 Å². The van der Waals surface area contributed by atoms with Gasteiger partial charge in [0.2, 0.25) is 5.91 Å². The molecule has 5 nitrogen and oxygen atoms in total. The largest absolute Gasteiger partial charge is 0.394 e. The number of aliphatic hydroxyl groups is 1. The van der Waals surface area contributed by atoms with Gasteiger partial charge in [0.25, 0.3) is 0 Å². The Morgan fingerprint density at radius 2 is 1.95 bits per heavy atom. The van der Waals surface area contributed by atoms with Gasteiger partial charge in [-0.3, -0.25) is 4.79 Å². The summed E-state index contributed by atoms with van der Waals surface area (Å²) in [5.41, 5.74) is 5.55. The van der Waals surface area contributed by atoms with Crippen LogP contribution >= 0.6 is 0 Å². The quantitative estimate of drug-likeness (QED) is 0.701. The standard InChI is InChI=1S/C15H28N2O3/c16-9-8-12-6-7-13(14(10-18)20-12)17-15(19)11-4-2-1-3-5-11/h11-14,18H,1-10,16H2,(H,17,19)/t12-,13+,14-/m0/s1. The highest BCUT2D eigenvalue weighted by atomic mass is 16.5. The molecule has 5 heteroatoms. The van der Waals surface area contributed by atoms with Crippen LogP contribution in [0.5, 0.6) is 0 Å². The third kappa shape index (κ3) is 4.17. The average Bonchev–Trinajstić information content (AvgIpc) is 2.50. The molecule has 1 heterocycles. The van der Waals surface area contributed by atoms with Crippen molar-refractivity contribution in [1.82, 2.24) is 5.32 Å². The maximum absolute atomic E-state index is 12.3. The number of nitrogens with two attached hydrogens (primary N) is 1. The Hall–Kier alpha value is -0.650. The number of aliphatic hydroxyl groups excluding tert-OH is 1. The first-order chi connectivity index (χ1) is 9.74. The maximum atomic E-state index is 12.3. The second kappa shape index (κ2) is 7.96. The minimum Gasteiger partial charge on any atom is -0.394 e. The zero-order valence-electron chi connectivity index (χ0n) is 12.2. The number of rotatable bonds is 5. The summed E-state index contributed by atoms with van der Waals surface area (Å²) in [6.07, 6.45) is 7.99. The molecule has 1 aliphatic heterocycles. The molecular weight excluding hydrogens is 256 g/mol. The zero-order chi connectivity index (χ0) is 14.4. The number of nitrogens with one attached hydrogen (secondary N) is 1. The molecule has 1 saturated heterocycles. The van der Waals surface area contributed by atoms with Crippen LogP contribution in [0.25, 0.3) is 0 Å². The Morgan fingerprint density at radius 1 is 1.20 bits per heavy atom. The van der Waals surface area contributed by atoms with Crippen LogP contribution in [0.15, 0.2) is 0 Å². The van der Waals surface area contributed by atoms with Gasteiger partial charge < -0.3 is 20.9 Å². The molecule has 116 valence electrons. The molecule has 1 amide bonds. The summed E-state index contributed by atoms with van der Waals surface area (Å²) in [7, 11) is 0. The normalized spacial score (nSPS) is 32.0. The van der Waals surface area contributed by atoms with Crippen LogP contribution in [0.1, 0.15) is 51.4 Å². The van der Waals surface area contributed by atoms with E-state index in [1.165, 1.54) is 6.42 Å². The zero-order valence-corrected chi connectivity index (χ0v) is 12.2. The number of hydrogen-bond acceptors (Lipinski definition) is 4. The van der Waals surface area contributed by atoms with Crippen LogP contribution in [0.4, 0.5) is 0 Å². The lowest BCUT2D eigenvalue weighted by molar-refractivity contribution is -0.132. The van der Waals surface area contributed by atoms with Crippen LogP contribution in [0.2, 0.25) is 0 Å². The Labute approximate surface area is 121 Å². The summed E-state index contributed by atoms with van der Waals surface area (Å²) >= 11 is 0. The molecule has 1 saturated carbocycles. The van der Waals surface area contributed by atoms with Gasteiger partial charge >= 0.3 is 0 Å². The van der Waals surface area contributed by atoms with Crippen molar-refractivity contribution in [1.29, 1.82) is 0 Å². The fraction of sp³-hybridized carbons (Fsp3) is 0.933. The summed E-state index contributed by atoms with van der Waals surface area (Å²) < 4.78 is 5.83. The molecule has 0 aromatic carbocycles. The van der Waals surface area contributed by atoms with Gasteiger partial charge in [-0.2, -0.15) is 0 Å². The van der Waals surface area contributed by atoms with Crippen molar-refractivity contribution in [3.05, 3.63) is 0 Å². The fourth-order valence-corrected chi connectivity index (χ4v) is 3.36. The molecule has 0 aromatic rings. The van der Waals surface area contributed by atoms with Crippen LogP contribution in [0, 0.1) is 5.92 Å². The van der Waals surface area contributed by atoms with E-state index in [4.69, 9.17) is 10.5 Å². The molecule has 0 radical (unpaired) electrons. The second-order valence-electron chi connectivity index (χ2n) is 6.08. The van der Waals surface area contributed by atoms with Crippen molar-refractivity contribution in [2.45, 2.75) is 69.6 Å². The summed E-state index contributed by atoms with van der Waals surface area (Å²) in [6, 6.07) is -0.0524. The summed E-state index contributed by atoms with van der Waals surface area (Å²) in [4.78, 5) is 12.3. The third-order valence-electron chi connectivity index (χ3n) is 4.59. The fourth-order valence-electron chi connectivity index (χ4n) is 3.36. The predicted molar refractivity (Wildman–Crippen MR) is 77.2 cm³/mol. The smallest absolute Gasteiger partial charge is 0.223 e. The van der Waals surface area contributed by atoms with Crippen LogP contribution in [-0.4, -0.2) is 42.4 Å². The Balaban J connectivity index is 1.83. The molecule has 3 atom stereocenters. The van der Waals surface area contributed by atoms with E-state index < -0.39 is 0 Å². The van der Waals surface area contributed by atoms with Gasteiger partial charge in [-0.1, -0.05) is 19.3 Å². The highest BCUT2D eigenvalue weighted by molar-refractivity contribution is 5.79. The molecule has 2 fully saturated rings. The third-order valence-corrected chi connectivity index (χ3v) is 4.59. The summed E-state index contributed by atoms with van der Waals surface area (Å²) in [5.74, 6) is 0.305. The monoisotopic (exact) mass is 284 g/mol. The first-order valence-corrected chi connectivity index (χ1v) is 8.01. The molecule has 0 bridgehead atoms. The molecule has 0 aromatic heterocycles. The van der Waals surface area contributed by atoms with E-state index >= 15 is 0 Å². The van der Waals surface area contributed by atoms with Crippen molar-refractivity contribution in [2.24, 2.45) is 11.7 Å². The molecule has 4 N–H and O–H groups in total. The van der Waals surface area contributed by atoms with E-state index in [-0.39, 0.29) is 36.7 Å². The van der Waals surface area contributed by atoms with Crippen LogP contribution in [-0.2, 0) is 9.53 Å². The molecule has 1 aliphatic carbocycles. The van der Waals surface area contributed by atoms with E-state index in [0.29, 0.717) is 6.54 Å². The van der Waals surface area contributed by atoms with Crippen molar-refractivity contribution < 1.29 is 14.6 Å². The van der Waals surface area contributed by atoms with Gasteiger partial charge in [0, 0.05) is 5.92 Å². The molecule has 2 rings (SSSR count). The Kier molecular flexibility index (Phi) is 6.26. The number of amides is 1. The van der Waals surface area contributed by atoms with E-state index in [1.54, 1.807) is 0 Å². The summed E-state index contributed by atoms with van der Waals surface area (Å²) in [5, 5.41) is 12.6. The van der Waals surface area contributed by atoms with E-state index in [1.807, 2.05) is 0 Å². The second-order valence-corrected chi connectivity index (χ2v) is 6.08. The minimum atomic E-state index is -0.284. The van der Waals surface area contributed by atoms with Gasteiger partial charge in [-0.05, 0) is 38.6 Å². The first kappa shape index (κ1) is 15.7. The highest BCUT2D eigenvalue weighted by Crippen LogP contribution is 2.26. The van der Waals surface area contributed by atoms with Gasteiger partial charge in [-0.25, -0.2) is 0 Å². The molecule has 0 unspecified atom stereocenters. The molecule has 2 aliphatic rings. The SMILES string of the molecule is NCC[C@@H]1CC[C@@H](NC(=O)C2CCCCC2)[C@H](CO)O1. The lowest BCUT2D eigenvalue weighted by atomic mass is 9.88. The highest BCUT2D eigenvalue weighted by Gasteiger charge is 2.33. The van der Waals surface area contributed by atoms with Gasteiger partial charge in [0.05, 0.1) is 18.8 Å². The minimum absolute atomic E-state index is 0.0450.